The van der Waals surface area contributed by atoms with Crippen molar-refractivity contribution in [2.45, 2.75) is 6.42 Å². The van der Waals surface area contributed by atoms with Gasteiger partial charge in [0.25, 0.3) is 0 Å². The Bertz CT molecular complexity index is 463. The fourth-order valence-corrected chi connectivity index (χ4v) is 1.95. The van der Waals surface area contributed by atoms with Crippen molar-refractivity contribution < 1.29 is 0 Å². The van der Waals surface area contributed by atoms with Crippen molar-refractivity contribution in [1.82, 2.24) is 5.32 Å². The molecule has 0 radical (unpaired) electrons. The first-order valence-electron chi connectivity index (χ1n) is 4.88. The molecule has 1 aromatic carbocycles. The van der Waals surface area contributed by atoms with E-state index in [0.717, 1.165) is 22.7 Å². The molecule has 1 aliphatic rings. The second kappa shape index (κ2) is 5.13. The van der Waals surface area contributed by atoms with Crippen LogP contribution in [0.4, 0.5) is 0 Å². The van der Waals surface area contributed by atoms with Gasteiger partial charge in [-0.15, -0.1) is 0 Å². The van der Waals surface area contributed by atoms with Crippen molar-refractivity contribution in [2.24, 2.45) is 0 Å². The van der Waals surface area contributed by atoms with Crippen LogP contribution in [0.15, 0.2) is 41.1 Å². The van der Waals surface area contributed by atoms with E-state index < -0.39 is 0 Å². The summed E-state index contributed by atoms with van der Waals surface area (Å²) in [6.07, 6.45) is 4.69. The molecule has 1 nitrogen and oxygen atoms in total. The number of nitrogens with one attached hydrogen (secondary N) is 1. The summed E-state index contributed by atoms with van der Waals surface area (Å²) >= 11 is 17.6. The molecule has 4 heteroatoms. The molecule has 1 N–H and O–H groups in total. The van der Waals surface area contributed by atoms with E-state index in [0.29, 0.717) is 16.6 Å². The van der Waals surface area contributed by atoms with Crippen molar-refractivity contribution in [1.29, 1.82) is 0 Å². The Balaban J connectivity index is 2.12. The third kappa shape index (κ3) is 2.94. The van der Waals surface area contributed by atoms with Crippen molar-refractivity contribution in [3.63, 3.8) is 0 Å². The lowest BCUT2D eigenvalue weighted by Crippen LogP contribution is -2.19. The van der Waals surface area contributed by atoms with Crippen LogP contribution < -0.4 is 5.32 Å². The van der Waals surface area contributed by atoms with Crippen LogP contribution in [0.3, 0.4) is 0 Å². The van der Waals surface area contributed by atoms with Crippen molar-refractivity contribution >= 4 is 34.8 Å². The van der Waals surface area contributed by atoms with Gasteiger partial charge < -0.3 is 5.32 Å². The molecule has 0 atom stereocenters. The lowest BCUT2D eigenvalue weighted by molar-refractivity contribution is 0.838. The van der Waals surface area contributed by atoms with Crippen molar-refractivity contribution in [3.8, 4) is 0 Å². The molecule has 16 heavy (non-hydrogen) atoms. The molecule has 84 valence electrons. The minimum atomic E-state index is 0.582. The molecule has 0 bridgehead atoms. The highest BCUT2D eigenvalue weighted by Gasteiger charge is 2.05. The Morgan fingerprint density at radius 1 is 1.06 bits per heavy atom. The van der Waals surface area contributed by atoms with Gasteiger partial charge in [-0.05, 0) is 29.8 Å². The summed E-state index contributed by atoms with van der Waals surface area (Å²) in [7, 11) is 0. The monoisotopic (exact) mass is 273 g/mol. The number of rotatable bonds is 2. The number of hydrogen-bond donors (Lipinski definition) is 1. The first kappa shape index (κ1) is 11.8. The molecule has 0 fully saturated rings. The molecular formula is C12H10Cl3N. The highest BCUT2D eigenvalue weighted by Crippen LogP contribution is 2.24. The zero-order valence-electron chi connectivity index (χ0n) is 8.43. The Kier molecular flexibility index (Phi) is 3.80. The molecule has 0 amide bonds. The number of hydrogen-bond acceptors (Lipinski definition) is 1. The topological polar surface area (TPSA) is 12.0 Å². The van der Waals surface area contributed by atoms with Crippen LogP contribution in [-0.4, -0.2) is 6.54 Å². The molecular weight excluding hydrogens is 264 g/mol. The van der Waals surface area contributed by atoms with E-state index in [1.54, 1.807) is 0 Å². The summed E-state index contributed by atoms with van der Waals surface area (Å²) in [5.41, 5.74) is 2.25. The third-order valence-electron chi connectivity index (χ3n) is 2.33. The fourth-order valence-electron chi connectivity index (χ4n) is 1.50. The van der Waals surface area contributed by atoms with E-state index in [1.807, 2.05) is 30.4 Å². The van der Waals surface area contributed by atoms with Gasteiger partial charge in [-0.3, -0.25) is 0 Å². The Hall–Kier alpha value is -0.630. The van der Waals surface area contributed by atoms with E-state index >= 15 is 0 Å². The molecule has 0 aromatic heterocycles. The molecule has 1 heterocycles. The summed E-state index contributed by atoms with van der Waals surface area (Å²) in [4.78, 5) is 0. The smallest absolute Gasteiger partial charge is 0.0595 e. The molecule has 1 aliphatic heterocycles. The van der Waals surface area contributed by atoms with Gasteiger partial charge >= 0.3 is 0 Å². The summed E-state index contributed by atoms with van der Waals surface area (Å²) in [6.45, 7) is 0.689. The van der Waals surface area contributed by atoms with Gasteiger partial charge in [-0.25, -0.2) is 0 Å². The number of dihydropyridines is 1. The molecule has 0 saturated carbocycles. The van der Waals surface area contributed by atoms with E-state index in [4.69, 9.17) is 34.8 Å². The van der Waals surface area contributed by atoms with Gasteiger partial charge in [-0.2, -0.15) is 0 Å². The van der Waals surface area contributed by atoms with Gasteiger partial charge in [0.1, 0.15) is 0 Å². The highest BCUT2D eigenvalue weighted by molar-refractivity contribution is 6.42. The van der Waals surface area contributed by atoms with Gasteiger partial charge in [0.15, 0.2) is 0 Å². The third-order valence-corrected chi connectivity index (χ3v) is 3.33. The fraction of sp³-hybridized carbons (Fsp3) is 0.167. The Morgan fingerprint density at radius 3 is 2.50 bits per heavy atom. The van der Waals surface area contributed by atoms with Crippen LogP contribution in [0, 0.1) is 0 Å². The summed E-state index contributed by atoms with van der Waals surface area (Å²) in [5, 5.41) is 5.22. The highest BCUT2D eigenvalue weighted by atomic mass is 35.5. The molecule has 0 aliphatic carbocycles. The Morgan fingerprint density at radius 2 is 1.88 bits per heavy atom. The predicted molar refractivity (Wildman–Crippen MR) is 70.2 cm³/mol. The molecule has 0 unspecified atom stereocenters. The normalized spacial score (nSPS) is 15.2. The zero-order chi connectivity index (χ0) is 11.5. The number of allylic oxidation sites excluding steroid dienone is 3. The van der Waals surface area contributed by atoms with Crippen LogP contribution in [-0.2, 0) is 6.42 Å². The Labute approximate surface area is 110 Å². The van der Waals surface area contributed by atoms with Crippen LogP contribution in [0.2, 0.25) is 10.0 Å². The molecule has 1 aromatic rings. The van der Waals surface area contributed by atoms with Crippen molar-refractivity contribution in [2.75, 3.05) is 6.54 Å². The van der Waals surface area contributed by atoms with E-state index in [1.165, 1.54) is 0 Å². The second-order valence-corrected chi connectivity index (χ2v) is 4.88. The minimum absolute atomic E-state index is 0.582. The maximum absolute atomic E-state index is 5.95. The maximum Gasteiger partial charge on any atom is 0.0595 e. The van der Waals surface area contributed by atoms with E-state index in [9.17, 15) is 0 Å². The largest absolute Gasteiger partial charge is 0.383 e. The van der Waals surface area contributed by atoms with Gasteiger partial charge in [0.05, 0.1) is 16.6 Å². The number of halogens is 3. The molecule has 0 saturated heterocycles. The summed E-state index contributed by atoms with van der Waals surface area (Å²) < 4.78 is 0. The van der Waals surface area contributed by atoms with Crippen LogP contribution >= 0.6 is 34.8 Å². The molecule has 0 spiro atoms. The average Bonchev–Trinajstić information content (AvgIpc) is 2.27. The zero-order valence-corrected chi connectivity index (χ0v) is 10.7. The molecule has 2 rings (SSSR count). The van der Waals surface area contributed by atoms with Crippen molar-refractivity contribution in [3.05, 3.63) is 56.7 Å². The van der Waals surface area contributed by atoms with Crippen LogP contribution in [0.1, 0.15) is 5.56 Å². The average molecular weight is 275 g/mol. The van der Waals surface area contributed by atoms with E-state index in [2.05, 4.69) is 5.32 Å². The van der Waals surface area contributed by atoms with Gasteiger partial charge in [0, 0.05) is 17.2 Å². The second-order valence-electron chi connectivity index (χ2n) is 3.58. The lowest BCUT2D eigenvalue weighted by Gasteiger charge is -2.14. The first-order valence-corrected chi connectivity index (χ1v) is 6.01. The predicted octanol–water partition coefficient (Wildman–Crippen LogP) is 4.15. The van der Waals surface area contributed by atoms with Gasteiger partial charge in [0.2, 0.25) is 0 Å². The maximum atomic E-state index is 5.95. The standard InChI is InChI=1S/C12H10Cl3N/c13-9-2-3-10(16-7-9)5-8-1-4-11(14)12(15)6-8/h1-4,6,16H,5,7H2. The summed E-state index contributed by atoms with van der Waals surface area (Å²) in [5.74, 6) is 0. The lowest BCUT2D eigenvalue weighted by atomic mass is 10.1. The number of benzene rings is 1. The van der Waals surface area contributed by atoms with Gasteiger partial charge in [-0.1, -0.05) is 40.9 Å². The SMILES string of the molecule is ClC1=CC=C(Cc2ccc(Cl)c(Cl)c2)NC1. The van der Waals surface area contributed by atoms with Crippen LogP contribution in [0.25, 0.3) is 0 Å². The quantitative estimate of drug-likeness (QED) is 0.854. The van der Waals surface area contributed by atoms with Crippen LogP contribution in [0.5, 0.6) is 0 Å². The first-order chi connectivity index (χ1) is 7.65. The summed E-state index contributed by atoms with van der Waals surface area (Å²) in [6, 6.07) is 5.66. The minimum Gasteiger partial charge on any atom is -0.383 e. The van der Waals surface area contributed by atoms with E-state index in [-0.39, 0.29) is 0 Å².